The average Bonchev–Trinajstić information content (AvgIpc) is 2.91. The van der Waals surface area contributed by atoms with Gasteiger partial charge in [0.1, 0.15) is 36.3 Å². The Morgan fingerprint density at radius 2 is 1.62 bits per heavy atom. The fourth-order valence-electron chi connectivity index (χ4n) is 5.44. The topological polar surface area (TPSA) is 39.7 Å². The van der Waals surface area contributed by atoms with Crippen LogP contribution in [0.5, 0.6) is 17.2 Å². The van der Waals surface area contributed by atoms with Crippen LogP contribution in [-0.2, 0) is 13.2 Å². The van der Waals surface area contributed by atoms with Gasteiger partial charge in [-0.2, -0.15) is 0 Å². The fraction of sp³-hybridized carbons (Fsp3) is 0.257. The van der Waals surface area contributed by atoms with Crippen molar-refractivity contribution >= 4 is 11.3 Å². The van der Waals surface area contributed by atoms with Crippen LogP contribution >= 0.6 is 0 Å². The first-order valence-electron chi connectivity index (χ1n) is 13.5. The largest absolute Gasteiger partial charge is 0.496 e. The van der Waals surface area contributed by atoms with Crippen LogP contribution in [0.1, 0.15) is 48.6 Å². The van der Waals surface area contributed by atoms with E-state index in [4.69, 9.17) is 14.2 Å². The number of aryl methyl sites for hydroxylation is 2. The summed E-state index contributed by atoms with van der Waals surface area (Å²) in [6, 6.07) is 23.0. The minimum Gasteiger partial charge on any atom is -0.496 e. The second-order valence-electron chi connectivity index (χ2n) is 11.0. The smallest absolute Gasteiger partial charge is 0.126 e. The summed E-state index contributed by atoms with van der Waals surface area (Å²) in [5, 5.41) is 3.64. The first kappa shape index (κ1) is 27.3. The van der Waals surface area contributed by atoms with Crippen molar-refractivity contribution in [1.29, 1.82) is 0 Å². The molecule has 0 atom stereocenters. The molecule has 0 radical (unpaired) electrons. The highest BCUT2D eigenvalue weighted by molar-refractivity contribution is 5.88. The summed E-state index contributed by atoms with van der Waals surface area (Å²) in [7, 11) is 1.67. The van der Waals surface area contributed by atoms with E-state index in [1.807, 2.05) is 31.2 Å². The lowest BCUT2D eigenvalue weighted by Gasteiger charge is -2.33. The zero-order valence-corrected chi connectivity index (χ0v) is 24.0. The van der Waals surface area contributed by atoms with E-state index in [-0.39, 0.29) is 18.0 Å². The number of rotatable bonds is 8. The van der Waals surface area contributed by atoms with E-state index in [1.54, 1.807) is 13.2 Å². The molecule has 4 nitrogen and oxygen atoms in total. The molecule has 0 bridgehead atoms. The van der Waals surface area contributed by atoms with Gasteiger partial charge in [0.2, 0.25) is 0 Å². The molecule has 1 heterocycles. The molecule has 0 fully saturated rings. The summed E-state index contributed by atoms with van der Waals surface area (Å²) in [6.45, 7) is 11.1. The van der Waals surface area contributed by atoms with E-state index < -0.39 is 0 Å². The van der Waals surface area contributed by atoms with Gasteiger partial charge in [0, 0.05) is 28.4 Å². The van der Waals surface area contributed by atoms with Gasteiger partial charge in [0.15, 0.2) is 0 Å². The van der Waals surface area contributed by atoms with Crippen LogP contribution < -0.4 is 19.5 Å². The number of nitrogens with one attached hydrogen (secondary N) is 1. The standard InChI is InChI=1S/C35H36FNO3/c1-22-8-7-9-25(16-22)20-39-27-12-15-32(38-6)29(18-27)28-13-14-31-34(24(3)19-35(4,5)37-31)30(28)21-40-33-17-26(36)11-10-23(33)2/h7-19,37H,20-21H2,1-6H3. The Balaban J connectivity index is 1.58. The van der Waals surface area contributed by atoms with Crippen LogP contribution in [0.4, 0.5) is 10.1 Å². The third kappa shape index (κ3) is 5.84. The van der Waals surface area contributed by atoms with Gasteiger partial charge in [0.05, 0.1) is 12.6 Å². The molecular formula is C35H36FNO3. The van der Waals surface area contributed by atoms with Crippen molar-refractivity contribution in [3.05, 3.63) is 113 Å². The van der Waals surface area contributed by atoms with Crippen molar-refractivity contribution in [3.8, 4) is 28.4 Å². The number of methoxy groups -OCH3 is 1. The zero-order valence-electron chi connectivity index (χ0n) is 24.0. The van der Waals surface area contributed by atoms with Crippen LogP contribution in [0.3, 0.4) is 0 Å². The van der Waals surface area contributed by atoms with Crippen LogP contribution in [0.25, 0.3) is 16.7 Å². The molecule has 5 heteroatoms. The summed E-state index contributed by atoms with van der Waals surface area (Å²) in [5.74, 6) is 1.68. The molecule has 5 rings (SSSR count). The Labute approximate surface area is 236 Å². The zero-order chi connectivity index (χ0) is 28.4. The molecule has 1 aliphatic rings. The average molecular weight is 538 g/mol. The monoisotopic (exact) mass is 537 g/mol. The lowest BCUT2D eigenvalue weighted by molar-refractivity contribution is 0.302. The number of benzene rings is 4. The number of halogens is 1. The molecule has 0 aliphatic carbocycles. The number of fused-ring (bicyclic) bond motifs is 1. The SMILES string of the molecule is COc1ccc(OCc2cccc(C)c2)cc1-c1ccc2c(c1COc1cc(F)ccc1C)C(C)=CC(C)(C)N2. The first-order chi connectivity index (χ1) is 19.1. The molecule has 0 spiro atoms. The number of hydrogen-bond acceptors (Lipinski definition) is 4. The highest BCUT2D eigenvalue weighted by atomic mass is 19.1. The summed E-state index contributed by atoms with van der Waals surface area (Å²) in [5.41, 5.74) is 9.14. The minimum atomic E-state index is -0.324. The van der Waals surface area contributed by atoms with Gasteiger partial charge in [-0.15, -0.1) is 0 Å². The molecule has 0 amide bonds. The molecule has 0 aromatic heterocycles. The van der Waals surface area contributed by atoms with Gasteiger partial charge in [-0.25, -0.2) is 4.39 Å². The van der Waals surface area contributed by atoms with Crippen LogP contribution in [-0.4, -0.2) is 12.6 Å². The van der Waals surface area contributed by atoms with Crippen molar-refractivity contribution in [1.82, 2.24) is 0 Å². The van der Waals surface area contributed by atoms with Crippen molar-refractivity contribution < 1.29 is 18.6 Å². The Morgan fingerprint density at radius 1 is 0.800 bits per heavy atom. The Kier molecular flexibility index (Phi) is 7.57. The third-order valence-electron chi connectivity index (χ3n) is 7.21. The van der Waals surface area contributed by atoms with Gasteiger partial charge in [-0.1, -0.05) is 48.0 Å². The van der Waals surface area contributed by atoms with E-state index in [0.29, 0.717) is 12.4 Å². The second-order valence-corrected chi connectivity index (χ2v) is 11.0. The Hall–Kier alpha value is -4.25. The van der Waals surface area contributed by atoms with Crippen molar-refractivity contribution in [3.63, 3.8) is 0 Å². The quantitative estimate of drug-likeness (QED) is 0.244. The van der Waals surface area contributed by atoms with Gasteiger partial charge in [0.25, 0.3) is 0 Å². The van der Waals surface area contributed by atoms with Crippen molar-refractivity contribution in [2.75, 3.05) is 12.4 Å². The molecule has 206 valence electrons. The van der Waals surface area contributed by atoms with Gasteiger partial charge < -0.3 is 19.5 Å². The highest BCUT2D eigenvalue weighted by Gasteiger charge is 2.27. The third-order valence-corrected chi connectivity index (χ3v) is 7.21. The van der Waals surface area contributed by atoms with Gasteiger partial charge in [-0.05, 0) is 87.2 Å². The molecule has 40 heavy (non-hydrogen) atoms. The number of ether oxygens (including phenoxy) is 3. The normalized spacial score (nSPS) is 13.6. The predicted molar refractivity (Wildman–Crippen MR) is 161 cm³/mol. The molecule has 1 N–H and O–H groups in total. The van der Waals surface area contributed by atoms with Crippen LogP contribution in [0.2, 0.25) is 0 Å². The molecule has 4 aromatic rings. The highest BCUT2D eigenvalue weighted by Crippen LogP contribution is 2.43. The van der Waals surface area contributed by atoms with E-state index in [9.17, 15) is 4.39 Å². The van der Waals surface area contributed by atoms with Gasteiger partial charge >= 0.3 is 0 Å². The summed E-state index contributed by atoms with van der Waals surface area (Å²) in [4.78, 5) is 0. The lowest BCUT2D eigenvalue weighted by atomic mass is 9.85. The Bertz CT molecular complexity index is 1590. The predicted octanol–water partition coefficient (Wildman–Crippen LogP) is 8.88. The van der Waals surface area contributed by atoms with Crippen molar-refractivity contribution in [2.45, 2.75) is 53.4 Å². The molecule has 1 aliphatic heterocycles. The van der Waals surface area contributed by atoms with E-state index in [1.165, 1.54) is 17.7 Å². The van der Waals surface area contributed by atoms with Crippen LogP contribution in [0, 0.1) is 19.7 Å². The maximum absolute atomic E-state index is 14.1. The summed E-state index contributed by atoms with van der Waals surface area (Å²) >= 11 is 0. The number of hydrogen-bond donors (Lipinski definition) is 1. The van der Waals surface area contributed by atoms with Crippen LogP contribution in [0.15, 0.2) is 78.9 Å². The first-order valence-corrected chi connectivity index (χ1v) is 13.5. The second kappa shape index (κ2) is 11.1. The van der Waals surface area contributed by atoms with Gasteiger partial charge in [-0.3, -0.25) is 0 Å². The molecule has 0 saturated heterocycles. The minimum absolute atomic E-state index is 0.183. The summed E-state index contributed by atoms with van der Waals surface area (Å²) in [6.07, 6.45) is 2.23. The molecule has 4 aromatic carbocycles. The van der Waals surface area contributed by atoms with Crippen molar-refractivity contribution in [2.24, 2.45) is 0 Å². The maximum Gasteiger partial charge on any atom is 0.126 e. The molecule has 0 saturated carbocycles. The maximum atomic E-state index is 14.1. The lowest BCUT2D eigenvalue weighted by Crippen LogP contribution is -2.32. The molecule has 0 unspecified atom stereocenters. The van der Waals surface area contributed by atoms with E-state index >= 15 is 0 Å². The summed E-state index contributed by atoms with van der Waals surface area (Å²) < 4.78 is 32.4. The number of anilines is 1. The fourth-order valence-corrected chi connectivity index (χ4v) is 5.44. The molecular weight excluding hydrogens is 501 g/mol. The Morgan fingerprint density at radius 3 is 2.40 bits per heavy atom. The van der Waals surface area contributed by atoms with E-state index in [2.05, 4.69) is 69.4 Å². The number of allylic oxidation sites excluding steroid dienone is 1. The van der Waals surface area contributed by atoms with E-state index in [0.717, 1.165) is 56.1 Å².